The lowest BCUT2D eigenvalue weighted by Gasteiger charge is -2.31. The van der Waals surface area contributed by atoms with E-state index in [1.165, 1.54) is 12.8 Å². The summed E-state index contributed by atoms with van der Waals surface area (Å²) in [5.74, 6) is -0.933. The molecule has 126 valence electrons. The topological polar surface area (TPSA) is 66.4 Å². The zero-order valence-electron chi connectivity index (χ0n) is 14.1. The van der Waals surface area contributed by atoms with Crippen molar-refractivity contribution in [2.45, 2.75) is 57.8 Å². The molecule has 1 aliphatic carbocycles. The summed E-state index contributed by atoms with van der Waals surface area (Å²) in [6.45, 7) is 3.79. The molecule has 1 amide bonds. The van der Waals surface area contributed by atoms with Crippen LogP contribution in [-0.2, 0) is 15.0 Å². The second-order valence-electron chi connectivity index (χ2n) is 7.16. The normalized spacial score (nSPS) is 20.1. The van der Waals surface area contributed by atoms with Gasteiger partial charge in [0.15, 0.2) is 0 Å². The molecule has 1 fully saturated rings. The second kappa shape index (κ2) is 7.16. The van der Waals surface area contributed by atoms with Gasteiger partial charge in [-0.05, 0) is 25.3 Å². The maximum atomic E-state index is 12.7. The van der Waals surface area contributed by atoms with E-state index in [9.17, 15) is 14.7 Å². The van der Waals surface area contributed by atoms with Crippen molar-refractivity contribution in [1.82, 2.24) is 5.32 Å². The minimum atomic E-state index is -1.11. The Hall–Kier alpha value is -1.84. The molecule has 4 heteroatoms. The second-order valence-corrected chi connectivity index (χ2v) is 7.16. The van der Waals surface area contributed by atoms with Crippen molar-refractivity contribution in [1.29, 1.82) is 0 Å². The predicted molar refractivity (Wildman–Crippen MR) is 90.2 cm³/mol. The van der Waals surface area contributed by atoms with Crippen LogP contribution >= 0.6 is 0 Å². The molecule has 0 radical (unpaired) electrons. The van der Waals surface area contributed by atoms with E-state index in [1.54, 1.807) is 19.1 Å². The smallest absolute Gasteiger partial charge is 0.315 e. The summed E-state index contributed by atoms with van der Waals surface area (Å²) in [7, 11) is 0. The molecule has 0 heterocycles. The van der Waals surface area contributed by atoms with Gasteiger partial charge in [0.1, 0.15) is 5.41 Å². The van der Waals surface area contributed by atoms with Crippen LogP contribution in [0.3, 0.4) is 0 Å². The summed E-state index contributed by atoms with van der Waals surface area (Å²) in [6.07, 6.45) is 6.26. The molecular weight excluding hydrogens is 290 g/mol. The first-order valence-corrected chi connectivity index (χ1v) is 8.46. The quantitative estimate of drug-likeness (QED) is 0.817. The van der Waals surface area contributed by atoms with Crippen molar-refractivity contribution >= 4 is 11.9 Å². The van der Waals surface area contributed by atoms with Crippen molar-refractivity contribution in [2.24, 2.45) is 5.41 Å². The number of carbonyl (C=O) groups is 2. The molecule has 0 aromatic heterocycles. The third kappa shape index (κ3) is 3.92. The number of hydrogen-bond acceptors (Lipinski definition) is 2. The Kier molecular flexibility index (Phi) is 5.45. The number of hydrogen-bond donors (Lipinski definition) is 2. The molecule has 0 saturated heterocycles. The molecule has 23 heavy (non-hydrogen) atoms. The summed E-state index contributed by atoms with van der Waals surface area (Å²) in [5.41, 5.74) is -0.774. The van der Waals surface area contributed by atoms with Gasteiger partial charge in [0.05, 0.1) is 0 Å². The average Bonchev–Trinajstić information content (AvgIpc) is 2.78. The van der Waals surface area contributed by atoms with Gasteiger partial charge < -0.3 is 10.4 Å². The zero-order valence-corrected chi connectivity index (χ0v) is 14.1. The SMILES string of the molecule is CC1(C(=O)NCC(C)(C(=O)O)c2ccccc2)CCCCCC1. The van der Waals surface area contributed by atoms with Crippen molar-refractivity contribution in [3.8, 4) is 0 Å². The number of aliphatic carboxylic acids is 1. The van der Waals surface area contributed by atoms with Gasteiger partial charge in [0.25, 0.3) is 0 Å². The van der Waals surface area contributed by atoms with Crippen LogP contribution < -0.4 is 5.32 Å². The van der Waals surface area contributed by atoms with Gasteiger partial charge in [-0.3, -0.25) is 9.59 Å². The largest absolute Gasteiger partial charge is 0.481 e. The third-order valence-electron chi connectivity index (χ3n) is 5.24. The van der Waals surface area contributed by atoms with E-state index >= 15 is 0 Å². The van der Waals surface area contributed by atoms with E-state index in [4.69, 9.17) is 0 Å². The molecule has 4 nitrogen and oxygen atoms in total. The Balaban J connectivity index is 2.10. The van der Waals surface area contributed by atoms with E-state index in [1.807, 2.05) is 25.1 Å². The summed E-state index contributed by atoms with van der Waals surface area (Å²) in [6, 6.07) is 9.11. The number of carboxylic acids is 1. The van der Waals surface area contributed by atoms with Gasteiger partial charge in [-0.15, -0.1) is 0 Å². The Bertz CT molecular complexity index is 547. The molecule has 0 spiro atoms. The number of carbonyl (C=O) groups excluding carboxylic acids is 1. The van der Waals surface area contributed by atoms with Gasteiger partial charge in [-0.25, -0.2) is 0 Å². The predicted octanol–water partition coefficient (Wildman–Crippen LogP) is 3.51. The highest BCUT2D eigenvalue weighted by atomic mass is 16.4. The highest BCUT2D eigenvalue weighted by Crippen LogP contribution is 2.35. The van der Waals surface area contributed by atoms with Crippen molar-refractivity contribution in [2.75, 3.05) is 6.54 Å². The van der Waals surface area contributed by atoms with Gasteiger partial charge in [0, 0.05) is 12.0 Å². The van der Waals surface area contributed by atoms with Crippen LogP contribution in [0.4, 0.5) is 0 Å². The fourth-order valence-electron chi connectivity index (χ4n) is 3.31. The lowest BCUT2D eigenvalue weighted by Crippen LogP contribution is -2.48. The molecule has 1 aromatic rings. The third-order valence-corrected chi connectivity index (χ3v) is 5.24. The first kappa shape index (κ1) is 17.5. The molecule has 0 bridgehead atoms. The number of rotatable bonds is 5. The monoisotopic (exact) mass is 317 g/mol. The van der Waals surface area contributed by atoms with E-state index in [2.05, 4.69) is 5.32 Å². The molecule has 1 unspecified atom stereocenters. The minimum absolute atomic E-state index is 0.0113. The summed E-state index contributed by atoms with van der Waals surface area (Å²) < 4.78 is 0. The number of carboxylic acid groups (broad SMARTS) is 1. The van der Waals surface area contributed by atoms with E-state index in [0.717, 1.165) is 25.7 Å². The standard InChI is InChI=1S/C19H27NO3/c1-18(12-8-3-4-9-13-18)16(21)20-14-19(2,17(22)23)15-10-6-5-7-11-15/h5-7,10-11H,3-4,8-9,12-14H2,1-2H3,(H,20,21)(H,22,23). The Morgan fingerprint density at radius 3 is 2.22 bits per heavy atom. The van der Waals surface area contributed by atoms with Gasteiger partial charge >= 0.3 is 5.97 Å². The fourth-order valence-corrected chi connectivity index (χ4v) is 3.31. The molecule has 1 aliphatic rings. The van der Waals surface area contributed by atoms with E-state index < -0.39 is 11.4 Å². The molecule has 1 atom stereocenters. The molecule has 0 aliphatic heterocycles. The fraction of sp³-hybridized carbons (Fsp3) is 0.579. The number of nitrogens with one attached hydrogen (secondary N) is 1. The first-order valence-electron chi connectivity index (χ1n) is 8.46. The summed E-state index contributed by atoms with van der Waals surface area (Å²) in [5, 5.41) is 12.6. The van der Waals surface area contributed by atoms with Gasteiger partial charge in [-0.1, -0.05) is 62.9 Å². The molecular formula is C19H27NO3. The first-order chi connectivity index (χ1) is 10.9. The van der Waals surface area contributed by atoms with Crippen LogP contribution in [0, 0.1) is 5.41 Å². The van der Waals surface area contributed by atoms with Crippen LogP contribution in [0.2, 0.25) is 0 Å². The highest BCUT2D eigenvalue weighted by Gasteiger charge is 2.38. The Labute approximate surface area is 138 Å². The van der Waals surface area contributed by atoms with E-state index in [0.29, 0.717) is 5.56 Å². The van der Waals surface area contributed by atoms with Gasteiger partial charge in [-0.2, -0.15) is 0 Å². The lowest BCUT2D eigenvalue weighted by atomic mass is 9.79. The number of amides is 1. The van der Waals surface area contributed by atoms with Crippen molar-refractivity contribution in [3.63, 3.8) is 0 Å². The maximum Gasteiger partial charge on any atom is 0.315 e. The van der Waals surface area contributed by atoms with Crippen LogP contribution in [0.1, 0.15) is 57.9 Å². The summed E-state index contributed by atoms with van der Waals surface area (Å²) in [4.78, 5) is 24.5. The maximum absolute atomic E-state index is 12.7. The van der Waals surface area contributed by atoms with Gasteiger partial charge in [0.2, 0.25) is 5.91 Å². The molecule has 1 saturated carbocycles. The van der Waals surface area contributed by atoms with Crippen LogP contribution in [0.5, 0.6) is 0 Å². The van der Waals surface area contributed by atoms with Crippen LogP contribution in [0.25, 0.3) is 0 Å². The molecule has 1 aromatic carbocycles. The highest BCUT2D eigenvalue weighted by molar-refractivity contribution is 5.85. The Morgan fingerprint density at radius 1 is 1.13 bits per heavy atom. The summed E-state index contributed by atoms with van der Waals surface area (Å²) >= 11 is 0. The van der Waals surface area contributed by atoms with Crippen LogP contribution in [-0.4, -0.2) is 23.5 Å². The van der Waals surface area contributed by atoms with E-state index in [-0.39, 0.29) is 17.9 Å². The lowest BCUT2D eigenvalue weighted by molar-refractivity contribution is -0.143. The van der Waals surface area contributed by atoms with Crippen molar-refractivity contribution in [3.05, 3.63) is 35.9 Å². The minimum Gasteiger partial charge on any atom is -0.481 e. The average molecular weight is 317 g/mol. The number of benzene rings is 1. The van der Waals surface area contributed by atoms with Crippen molar-refractivity contribution < 1.29 is 14.7 Å². The zero-order chi connectivity index (χ0) is 16.9. The Morgan fingerprint density at radius 2 is 1.70 bits per heavy atom. The van der Waals surface area contributed by atoms with Crippen LogP contribution in [0.15, 0.2) is 30.3 Å². The molecule has 2 N–H and O–H groups in total. The molecule has 2 rings (SSSR count).